The lowest BCUT2D eigenvalue weighted by Gasteiger charge is -2.31. The first-order valence-electron chi connectivity index (χ1n) is 11.6. The van der Waals surface area contributed by atoms with E-state index in [-0.39, 0.29) is 16.2 Å². The summed E-state index contributed by atoms with van der Waals surface area (Å²) in [5, 5.41) is 0. The fourth-order valence-electron chi connectivity index (χ4n) is 6.84. The van der Waals surface area contributed by atoms with Crippen molar-refractivity contribution in [1.82, 2.24) is 0 Å². The molecule has 4 nitrogen and oxygen atoms in total. The van der Waals surface area contributed by atoms with Crippen molar-refractivity contribution in [2.75, 3.05) is 19.8 Å². The average molecular weight is 416 g/mol. The molecule has 0 aromatic carbocycles. The van der Waals surface area contributed by atoms with Crippen molar-refractivity contribution in [3.05, 3.63) is 36.5 Å². The van der Waals surface area contributed by atoms with Crippen LogP contribution in [0.4, 0.5) is 0 Å². The van der Waals surface area contributed by atoms with Crippen LogP contribution in [-0.4, -0.2) is 19.8 Å². The molecule has 6 aliphatic carbocycles. The Morgan fingerprint density at radius 2 is 1.00 bits per heavy atom. The molecule has 3 fully saturated rings. The van der Waals surface area contributed by atoms with Gasteiger partial charge >= 0.3 is 7.82 Å². The van der Waals surface area contributed by atoms with Gasteiger partial charge in [-0.15, -0.1) is 0 Å². The van der Waals surface area contributed by atoms with E-state index in [0.717, 1.165) is 38.5 Å². The first kappa shape index (κ1) is 19.0. The number of fused-ring (bicyclic) bond motifs is 6. The van der Waals surface area contributed by atoms with Gasteiger partial charge in [-0.05, 0) is 75.5 Å². The van der Waals surface area contributed by atoms with E-state index in [1.807, 2.05) is 0 Å². The molecule has 6 unspecified atom stereocenters. The topological polar surface area (TPSA) is 44.8 Å². The lowest BCUT2D eigenvalue weighted by molar-refractivity contribution is 0.0514. The minimum atomic E-state index is -3.59. The highest BCUT2D eigenvalue weighted by atomic mass is 31.2. The number of phosphoric ester groups is 1. The van der Waals surface area contributed by atoms with E-state index >= 15 is 0 Å². The zero-order valence-corrected chi connectivity index (χ0v) is 18.2. The maximum atomic E-state index is 13.8. The van der Waals surface area contributed by atoms with E-state index in [2.05, 4.69) is 36.5 Å². The Morgan fingerprint density at radius 1 is 0.655 bits per heavy atom. The Balaban J connectivity index is 1.14. The van der Waals surface area contributed by atoms with Crippen molar-refractivity contribution in [3.63, 3.8) is 0 Å². The fraction of sp³-hybridized carbons (Fsp3) is 0.750. The summed E-state index contributed by atoms with van der Waals surface area (Å²) in [6.07, 6.45) is 24.2. The van der Waals surface area contributed by atoms with Crippen LogP contribution in [0.2, 0.25) is 0 Å². The first-order valence-corrected chi connectivity index (χ1v) is 13.1. The molecule has 0 radical (unpaired) electrons. The van der Waals surface area contributed by atoms with Gasteiger partial charge in [-0.25, -0.2) is 4.57 Å². The molecule has 6 aliphatic rings. The van der Waals surface area contributed by atoms with Gasteiger partial charge in [0.2, 0.25) is 0 Å². The van der Waals surface area contributed by atoms with Crippen molar-refractivity contribution in [3.8, 4) is 0 Å². The molecule has 0 N–H and O–H groups in total. The van der Waals surface area contributed by atoms with Crippen molar-refractivity contribution < 1.29 is 18.1 Å². The Bertz CT molecular complexity index is 713. The molecule has 0 aliphatic heterocycles. The monoisotopic (exact) mass is 416 g/mol. The van der Waals surface area contributed by atoms with E-state index in [1.54, 1.807) is 0 Å². The van der Waals surface area contributed by atoms with Crippen LogP contribution in [0.5, 0.6) is 0 Å². The number of rotatable bonds is 9. The third-order valence-corrected chi connectivity index (χ3v) is 10.1. The maximum absolute atomic E-state index is 13.8. The normalized spacial score (nSPS) is 47.7. The summed E-state index contributed by atoms with van der Waals surface area (Å²) in [7, 11) is -3.59. The maximum Gasteiger partial charge on any atom is 0.474 e. The van der Waals surface area contributed by atoms with E-state index in [4.69, 9.17) is 13.6 Å². The largest absolute Gasteiger partial charge is 0.474 e. The molecule has 29 heavy (non-hydrogen) atoms. The highest BCUT2D eigenvalue weighted by molar-refractivity contribution is 7.48. The molecule has 5 heteroatoms. The second kappa shape index (κ2) is 6.66. The highest BCUT2D eigenvalue weighted by Gasteiger charge is 2.47. The van der Waals surface area contributed by atoms with Gasteiger partial charge in [0.25, 0.3) is 0 Å². The number of hydrogen-bond donors (Lipinski definition) is 0. The Morgan fingerprint density at radius 3 is 1.21 bits per heavy atom. The summed E-state index contributed by atoms with van der Waals surface area (Å²) in [4.78, 5) is 0. The predicted octanol–water partition coefficient (Wildman–Crippen LogP) is 6.21. The second-order valence-electron chi connectivity index (χ2n) is 10.9. The van der Waals surface area contributed by atoms with Gasteiger partial charge < -0.3 is 0 Å². The molecule has 0 aromatic heterocycles. The molecule has 0 saturated heterocycles. The molecule has 0 heterocycles. The van der Waals surface area contributed by atoms with E-state index < -0.39 is 7.82 Å². The Kier molecular flexibility index (Phi) is 4.38. The van der Waals surface area contributed by atoms with Gasteiger partial charge in [0, 0.05) is 16.2 Å². The molecule has 0 spiro atoms. The molecular weight excluding hydrogens is 383 g/mol. The van der Waals surface area contributed by atoms with Crippen molar-refractivity contribution in [1.29, 1.82) is 0 Å². The third-order valence-electron chi connectivity index (χ3n) is 8.74. The van der Waals surface area contributed by atoms with Crippen molar-refractivity contribution in [2.24, 2.45) is 34.0 Å². The molecular formula is C24H33O4P. The number of phosphoric acid groups is 1. The molecule has 6 rings (SSSR count). The summed E-state index contributed by atoms with van der Waals surface area (Å²) in [6, 6.07) is 0. The smallest absolute Gasteiger partial charge is 0.286 e. The molecule has 6 bridgehead atoms. The number of hydrogen-bond acceptors (Lipinski definition) is 4. The van der Waals surface area contributed by atoms with Crippen molar-refractivity contribution >= 4 is 7.82 Å². The van der Waals surface area contributed by atoms with Gasteiger partial charge in [-0.3, -0.25) is 13.6 Å². The second-order valence-corrected chi connectivity index (χ2v) is 12.6. The zero-order chi connectivity index (χ0) is 19.6. The predicted molar refractivity (Wildman–Crippen MR) is 112 cm³/mol. The SMILES string of the molecule is O=P(OCC12C=CC(CC1)C2)(OCC12C=CC(CC1)C2)OCC12C=CC(CC1)C2. The molecule has 0 aromatic rings. The summed E-state index contributed by atoms with van der Waals surface area (Å²) >= 11 is 0. The third kappa shape index (κ3) is 3.45. The molecule has 158 valence electrons. The fourth-order valence-corrected chi connectivity index (χ4v) is 8.31. The van der Waals surface area contributed by atoms with Crippen LogP contribution in [0.15, 0.2) is 36.5 Å². The summed E-state index contributed by atoms with van der Waals surface area (Å²) < 4.78 is 32.0. The van der Waals surface area contributed by atoms with Gasteiger partial charge in [0.15, 0.2) is 0 Å². The van der Waals surface area contributed by atoms with Crippen molar-refractivity contribution in [2.45, 2.75) is 57.8 Å². The van der Waals surface area contributed by atoms with E-state index in [1.165, 1.54) is 19.3 Å². The lowest BCUT2D eigenvalue weighted by atomic mass is 9.89. The quantitative estimate of drug-likeness (QED) is 0.331. The number of allylic oxidation sites excluding steroid dienone is 3. The van der Waals surface area contributed by atoms with Crippen LogP contribution in [-0.2, 0) is 18.1 Å². The average Bonchev–Trinajstić information content (AvgIpc) is 3.58. The molecule has 0 amide bonds. The summed E-state index contributed by atoms with van der Waals surface area (Å²) in [5.41, 5.74) is 0.128. The Labute approximate surface area is 174 Å². The van der Waals surface area contributed by atoms with Gasteiger partial charge in [-0.1, -0.05) is 36.5 Å². The van der Waals surface area contributed by atoms with Crippen LogP contribution in [0, 0.1) is 34.0 Å². The first-order chi connectivity index (χ1) is 14.0. The van der Waals surface area contributed by atoms with Crippen LogP contribution in [0.3, 0.4) is 0 Å². The van der Waals surface area contributed by atoms with E-state index in [0.29, 0.717) is 37.6 Å². The molecule has 6 atom stereocenters. The van der Waals surface area contributed by atoms with Gasteiger partial charge in [0.05, 0.1) is 19.8 Å². The minimum Gasteiger partial charge on any atom is -0.286 e. The lowest BCUT2D eigenvalue weighted by Crippen LogP contribution is -2.25. The van der Waals surface area contributed by atoms with Crippen LogP contribution >= 0.6 is 7.82 Å². The minimum absolute atomic E-state index is 0.0427. The van der Waals surface area contributed by atoms with Crippen LogP contribution < -0.4 is 0 Å². The van der Waals surface area contributed by atoms with Gasteiger partial charge in [-0.2, -0.15) is 0 Å². The summed E-state index contributed by atoms with van der Waals surface area (Å²) in [6.45, 7) is 1.36. The summed E-state index contributed by atoms with van der Waals surface area (Å²) in [5.74, 6) is 2.03. The molecule has 3 saturated carbocycles. The Hall–Kier alpha value is -0.670. The zero-order valence-electron chi connectivity index (χ0n) is 17.3. The van der Waals surface area contributed by atoms with E-state index in [9.17, 15) is 4.57 Å². The highest BCUT2D eigenvalue weighted by Crippen LogP contribution is 2.60. The van der Waals surface area contributed by atoms with Crippen LogP contribution in [0.1, 0.15) is 57.8 Å². The van der Waals surface area contributed by atoms with Crippen LogP contribution in [0.25, 0.3) is 0 Å². The standard InChI is InChI=1S/C24H33O4P/c25-29(26-16-22-7-1-19(13-22)2-8-22,27-17-23-9-3-20(14-23)4-10-23)28-18-24-11-5-21(15-24)6-12-24/h1,3,5,7,9,11,19-21H,2,4,6,8,10,12-18H2. The van der Waals surface area contributed by atoms with Gasteiger partial charge in [0.1, 0.15) is 0 Å².